The second kappa shape index (κ2) is 5.34. The van der Waals surface area contributed by atoms with Gasteiger partial charge in [-0.2, -0.15) is 5.10 Å². The highest BCUT2D eigenvalue weighted by Crippen LogP contribution is 2.20. The van der Waals surface area contributed by atoms with Crippen LogP contribution in [0.2, 0.25) is 0 Å². The van der Waals surface area contributed by atoms with E-state index in [1.807, 2.05) is 22.9 Å². The maximum atomic E-state index is 5.98. The summed E-state index contributed by atoms with van der Waals surface area (Å²) in [5.74, 6) is 0.873. The number of hydrogen-bond acceptors (Lipinski definition) is 4. The van der Waals surface area contributed by atoms with Gasteiger partial charge < -0.3 is 5.73 Å². The molecule has 5 nitrogen and oxygen atoms in total. The highest BCUT2D eigenvalue weighted by Gasteiger charge is 2.22. The van der Waals surface area contributed by atoms with Crippen molar-refractivity contribution in [2.45, 2.75) is 32.9 Å². The molecule has 0 radical (unpaired) electrons. The van der Waals surface area contributed by atoms with Gasteiger partial charge in [0.25, 0.3) is 0 Å². The van der Waals surface area contributed by atoms with Gasteiger partial charge in [-0.05, 0) is 32.4 Å². The van der Waals surface area contributed by atoms with Crippen molar-refractivity contribution in [2.75, 3.05) is 13.1 Å². The van der Waals surface area contributed by atoms with Crippen molar-refractivity contribution >= 4 is 0 Å². The van der Waals surface area contributed by atoms with E-state index < -0.39 is 0 Å². The zero-order valence-electron chi connectivity index (χ0n) is 12.1. The molecule has 0 saturated carbocycles. The second-order valence-corrected chi connectivity index (χ2v) is 5.53. The molecule has 0 spiro atoms. The number of pyridine rings is 1. The van der Waals surface area contributed by atoms with Crippen LogP contribution in [0.5, 0.6) is 0 Å². The Labute approximate surface area is 119 Å². The normalized spacial score (nSPS) is 19.6. The first-order chi connectivity index (χ1) is 9.65. The van der Waals surface area contributed by atoms with Gasteiger partial charge in [0, 0.05) is 43.1 Å². The van der Waals surface area contributed by atoms with Crippen LogP contribution in [-0.4, -0.2) is 38.8 Å². The Bertz CT molecular complexity index is 590. The quantitative estimate of drug-likeness (QED) is 0.917. The van der Waals surface area contributed by atoms with E-state index in [9.17, 15) is 0 Å². The van der Waals surface area contributed by atoms with Crippen molar-refractivity contribution in [2.24, 2.45) is 5.73 Å². The number of rotatable bonds is 3. The molecule has 20 heavy (non-hydrogen) atoms. The van der Waals surface area contributed by atoms with Crippen LogP contribution in [0, 0.1) is 13.8 Å². The van der Waals surface area contributed by atoms with E-state index in [2.05, 4.69) is 28.8 Å². The van der Waals surface area contributed by atoms with Crippen molar-refractivity contribution < 1.29 is 0 Å². The van der Waals surface area contributed by atoms with Crippen molar-refractivity contribution in [3.05, 3.63) is 41.3 Å². The van der Waals surface area contributed by atoms with Crippen LogP contribution in [0.1, 0.15) is 23.4 Å². The van der Waals surface area contributed by atoms with E-state index in [1.54, 1.807) is 6.20 Å². The topological polar surface area (TPSA) is 60.0 Å². The number of likely N-dealkylation sites (tertiary alicyclic amines) is 1. The lowest BCUT2D eigenvalue weighted by Gasteiger charge is -2.15. The van der Waals surface area contributed by atoms with Crippen molar-refractivity contribution in [3.8, 4) is 5.82 Å². The van der Waals surface area contributed by atoms with Crippen molar-refractivity contribution in [1.29, 1.82) is 0 Å². The molecule has 5 heteroatoms. The maximum Gasteiger partial charge on any atom is 0.153 e. The third-order valence-corrected chi connectivity index (χ3v) is 4.00. The predicted octanol–water partition coefficient (Wildman–Crippen LogP) is 1.42. The molecule has 1 saturated heterocycles. The summed E-state index contributed by atoms with van der Waals surface area (Å²) in [6, 6.07) is 6.20. The Kier molecular flexibility index (Phi) is 3.54. The van der Waals surface area contributed by atoms with Crippen LogP contribution < -0.4 is 5.73 Å². The number of aryl methyl sites for hydroxylation is 1. The molecule has 0 aromatic carbocycles. The molecule has 1 fully saturated rings. The van der Waals surface area contributed by atoms with Gasteiger partial charge in [-0.3, -0.25) is 4.90 Å². The third kappa shape index (κ3) is 2.46. The van der Waals surface area contributed by atoms with E-state index in [0.29, 0.717) is 6.04 Å². The van der Waals surface area contributed by atoms with Crippen molar-refractivity contribution in [3.63, 3.8) is 0 Å². The third-order valence-electron chi connectivity index (χ3n) is 4.00. The molecule has 2 N–H and O–H groups in total. The lowest BCUT2D eigenvalue weighted by Crippen LogP contribution is -2.26. The predicted molar refractivity (Wildman–Crippen MR) is 78.7 cm³/mol. The van der Waals surface area contributed by atoms with Crippen LogP contribution >= 0.6 is 0 Å². The fourth-order valence-corrected chi connectivity index (χ4v) is 2.84. The van der Waals surface area contributed by atoms with E-state index >= 15 is 0 Å². The molecule has 2 aromatic rings. The van der Waals surface area contributed by atoms with E-state index in [-0.39, 0.29) is 0 Å². The monoisotopic (exact) mass is 271 g/mol. The largest absolute Gasteiger partial charge is 0.326 e. The molecule has 0 aliphatic carbocycles. The summed E-state index contributed by atoms with van der Waals surface area (Å²) in [7, 11) is 0. The Hall–Kier alpha value is -1.72. The summed E-state index contributed by atoms with van der Waals surface area (Å²) in [5, 5.41) is 4.64. The molecule has 106 valence electrons. The first-order valence-electron chi connectivity index (χ1n) is 7.09. The van der Waals surface area contributed by atoms with Crippen LogP contribution in [0.15, 0.2) is 24.4 Å². The van der Waals surface area contributed by atoms with E-state index in [4.69, 9.17) is 5.73 Å². The summed E-state index contributed by atoms with van der Waals surface area (Å²) in [6.07, 6.45) is 2.89. The van der Waals surface area contributed by atoms with Gasteiger partial charge in [0.1, 0.15) is 0 Å². The van der Waals surface area contributed by atoms with Gasteiger partial charge >= 0.3 is 0 Å². The second-order valence-electron chi connectivity index (χ2n) is 5.53. The standard InChI is InChI=1S/C15H21N5/c1-11-14(10-19-8-6-13(16)9-19)12(2)20(18-11)15-5-3-4-7-17-15/h3-5,7,13H,6,8-10,16H2,1-2H3/t13-/m0/s1. The Morgan fingerprint density at radius 1 is 1.35 bits per heavy atom. The van der Waals surface area contributed by atoms with Gasteiger partial charge in [-0.15, -0.1) is 0 Å². The SMILES string of the molecule is Cc1nn(-c2ccccn2)c(C)c1CN1CC[C@H](N)C1. The average molecular weight is 271 g/mol. The highest BCUT2D eigenvalue weighted by atomic mass is 15.3. The molecule has 2 aromatic heterocycles. The van der Waals surface area contributed by atoms with Gasteiger partial charge in [0.2, 0.25) is 0 Å². The molecule has 1 aliphatic rings. The zero-order valence-corrected chi connectivity index (χ0v) is 12.1. The minimum absolute atomic E-state index is 0.321. The van der Waals surface area contributed by atoms with Gasteiger partial charge in [-0.1, -0.05) is 6.07 Å². The molecule has 1 aliphatic heterocycles. The summed E-state index contributed by atoms with van der Waals surface area (Å²) >= 11 is 0. The van der Waals surface area contributed by atoms with Crippen LogP contribution in [0.4, 0.5) is 0 Å². The van der Waals surface area contributed by atoms with E-state index in [0.717, 1.165) is 37.6 Å². The molecule has 0 bridgehead atoms. The molecule has 1 atom stereocenters. The lowest BCUT2D eigenvalue weighted by atomic mass is 10.2. The smallest absolute Gasteiger partial charge is 0.153 e. The summed E-state index contributed by atoms with van der Waals surface area (Å²) < 4.78 is 1.93. The molecular formula is C15H21N5. The molecular weight excluding hydrogens is 250 g/mol. The van der Waals surface area contributed by atoms with Gasteiger partial charge in [0.05, 0.1) is 5.69 Å². The first-order valence-corrected chi connectivity index (χ1v) is 7.09. The number of hydrogen-bond donors (Lipinski definition) is 1. The summed E-state index contributed by atoms with van der Waals surface area (Å²) in [5.41, 5.74) is 9.52. The summed E-state index contributed by atoms with van der Waals surface area (Å²) in [6.45, 7) is 7.17. The first kappa shape index (κ1) is 13.3. The molecule has 3 rings (SSSR count). The Balaban J connectivity index is 1.87. The van der Waals surface area contributed by atoms with Crippen LogP contribution in [0.25, 0.3) is 5.82 Å². The average Bonchev–Trinajstić information content (AvgIpc) is 2.98. The molecule has 0 amide bonds. The Morgan fingerprint density at radius 2 is 2.20 bits per heavy atom. The lowest BCUT2D eigenvalue weighted by molar-refractivity contribution is 0.325. The van der Waals surface area contributed by atoms with Crippen molar-refractivity contribution in [1.82, 2.24) is 19.7 Å². The number of nitrogens with zero attached hydrogens (tertiary/aromatic N) is 4. The fraction of sp³-hybridized carbons (Fsp3) is 0.467. The maximum absolute atomic E-state index is 5.98. The van der Waals surface area contributed by atoms with E-state index in [1.165, 1.54) is 11.3 Å². The van der Waals surface area contributed by atoms with Crippen LogP contribution in [0.3, 0.4) is 0 Å². The van der Waals surface area contributed by atoms with Gasteiger partial charge in [-0.25, -0.2) is 9.67 Å². The number of aromatic nitrogens is 3. The Morgan fingerprint density at radius 3 is 2.85 bits per heavy atom. The molecule has 0 unspecified atom stereocenters. The van der Waals surface area contributed by atoms with Gasteiger partial charge in [0.15, 0.2) is 5.82 Å². The highest BCUT2D eigenvalue weighted by molar-refractivity contribution is 5.32. The fourth-order valence-electron chi connectivity index (χ4n) is 2.84. The minimum atomic E-state index is 0.321. The zero-order chi connectivity index (χ0) is 14.1. The molecule has 3 heterocycles. The number of nitrogens with two attached hydrogens (primary N) is 1. The minimum Gasteiger partial charge on any atom is -0.326 e. The van der Waals surface area contributed by atoms with Crippen LogP contribution in [-0.2, 0) is 6.54 Å². The summed E-state index contributed by atoms with van der Waals surface area (Å²) in [4.78, 5) is 6.78.